The summed E-state index contributed by atoms with van der Waals surface area (Å²) < 4.78 is 112. The fraction of sp³-hybridized carbons (Fsp3) is 0.294. The second-order valence-corrected chi connectivity index (χ2v) is 7.97. The largest absolute Gasteiger partial charge is 0.367 e. The third-order valence-corrected chi connectivity index (χ3v) is 5.42. The van der Waals surface area contributed by atoms with Gasteiger partial charge < -0.3 is 0 Å². The zero-order chi connectivity index (χ0) is 20.4. The van der Waals surface area contributed by atoms with Gasteiger partial charge in [-0.2, -0.15) is 35.1 Å². The van der Waals surface area contributed by atoms with Gasteiger partial charge in [-0.1, -0.05) is 42.5 Å². The maximum atomic E-state index is 14.6. The molecule has 1 atom stereocenters. The van der Waals surface area contributed by atoms with Crippen LogP contribution in [0.1, 0.15) is 22.6 Å². The molecule has 0 spiro atoms. The minimum Gasteiger partial charge on any atom is -0.198 e. The Morgan fingerprint density at radius 2 is 1.22 bits per heavy atom. The zero-order valence-corrected chi connectivity index (χ0v) is 16.1. The minimum atomic E-state index is -4.92. The van der Waals surface area contributed by atoms with E-state index in [1.54, 1.807) is 31.9 Å². The lowest BCUT2D eigenvalue weighted by atomic mass is 9.85. The fourth-order valence-corrected chi connectivity index (χ4v) is 3.67. The highest BCUT2D eigenvalue weighted by atomic mass is 79.9. The highest BCUT2D eigenvalue weighted by molar-refractivity contribution is 9.10. The van der Waals surface area contributed by atoms with Crippen LogP contribution in [0.3, 0.4) is 0 Å². The highest BCUT2D eigenvalue weighted by Gasteiger charge is 2.65. The summed E-state index contributed by atoms with van der Waals surface area (Å²) in [6.07, 6.45) is 0. The van der Waals surface area contributed by atoms with Crippen LogP contribution in [-0.2, 0) is 5.92 Å². The van der Waals surface area contributed by atoms with Crippen LogP contribution in [0, 0.1) is 0 Å². The first-order valence-corrected chi connectivity index (χ1v) is 8.91. The van der Waals surface area contributed by atoms with Gasteiger partial charge in [-0.25, -0.2) is 0 Å². The van der Waals surface area contributed by atoms with Crippen molar-refractivity contribution < 1.29 is 35.1 Å². The van der Waals surface area contributed by atoms with Crippen molar-refractivity contribution in [2.45, 2.75) is 27.4 Å². The molecule has 0 fully saturated rings. The number of hydrogen-bond donors (Lipinski definition) is 0. The third-order valence-electron chi connectivity index (χ3n) is 4.39. The van der Waals surface area contributed by atoms with Gasteiger partial charge >= 0.3 is 21.5 Å². The molecule has 0 N–H and O–H groups in total. The molecule has 2 aromatic rings. The van der Waals surface area contributed by atoms with Gasteiger partial charge in [0.2, 0.25) is 0 Å². The van der Waals surface area contributed by atoms with E-state index in [0.29, 0.717) is 6.07 Å². The van der Waals surface area contributed by atoms with Crippen molar-refractivity contribution in [3.8, 4) is 11.1 Å². The molecule has 1 unspecified atom stereocenters. The summed E-state index contributed by atoms with van der Waals surface area (Å²) in [4.78, 5) is -9.54. The van der Waals surface area contributed by atoms with Crippen molar-refractivity contribution in [1.29, 1.82) is 0 Å². The van der Waals surface area contributed by atoms with Gasteiger partial charge in [0.1, 0.15) is 0 Å². The molecular formula is C17H8Br2F8. The SMILES string of the molecule is FC(F)(Br)C(F)(F)c1cccc2c1C(C(F)(F)C(F)(F)Br)c1ccccc1-2. The lowest BCUT2D eigenvalue weighted by molar-refractivity contribution is -0.163. The maximum Gasteiger partial charge on any atom is 0.367 e. The number of rotatable bonds is 4. The van der Waals surface area contributed by atoms with Crippen LogP contribution >= 0.6 is 31.9 Å². The molecule has 1 aliphatic carbocycles. The molecule has 10 heteroatoms. The Morgan fingerprint density at radius 3 is 1.78 bits per heavy atom. The van der Waals surface area contributed by atoms with Crippen LogP contribution in [0.25, 0.3) is 11.1 Å². The van der Waals surface area contributed by atoms with E-state index in [-0.39, 0.29) is 16.7 Å². The van der Waals surface area contributed by atoms with Crippen LogP contribution in [0.5, 0.6) is 0 Å². The minimum absolute atomic E-state index is 0.00413. The second kappa shape index (κ2) is 6.17. The van der Waals surface area contributed by atoms with Crippen LogP contribution in [0.4, 0.5) is 35.1 Å². The molecule has 2 aromatic carbocycles. The van der Waals surface area contributed by atoms with E-state index in [4.69, 9.17) is 0 Å². The molecule has 27 heavy (non-hydrogen) atoms. The summed E-state index contributed by atoms with van der Waals surface area (Å²) in [6, 6.07) is 7.73. The van der Waals surface area contributed by atoms with Crippen molar-refractivity contribution in [1.82, 2.24) is 0 Å². The standard InChI is InChI=1S/C17H8Br2F8/c18-16(24,25)14(20,21)11-7-3-6-9-8-4-1-2-5-10(8)13(12(9)11)15(22,23)17(19,26)27/h1-7,13H. The molecule has 0 radical (unpaired) electrons. The Hall–Kier alpha value is -1.16. The molecule has 1 aliphatic rings. The average Bonchev–Trinajstić information content (AvgIpc) is 2.87. The Kier molecular flexibility index (Phi) is 4.70. The smallest absolute Gasteiger partial charge is 0.198 e. The molecule has 0 saturated carbocycles. The molecule has 0 bridgehead atoms. The summed E-state index contributed by atoms with van der Waals surface area (Å²) in [5.41, 5.74) is -2.96. The average molecular weight is 524 g/mol. The zero-order valence-electron chi connectivity index (χ0n) is 12.9. The molecule has 0 heterocycles. The fourth-order valence-electron chi connectivity index (χ4n) is 3.23. The summed E-state index contributed by atoms with van der Waals surface area (Å²) in [6.45, 7) is 0. The lowest BCUT2D eigenvalue weighted by Crippen LogP contribution is -2.42. The maximum absolute atomic E-state index is 14.6. The molecule has 0 amide bonds. The second-order valence-electron chi connectivity index (χ2n) is 5.98. The Morgan fingerprint density at radius 1 is 0.667 bits per heavy atom. The van der Waals surface area contributed by atoms with E-state index >= 15 is 0 Å². The van der Waals surface area contributed by atoms with Gasteiger partial charge in [0.15, 0.2) is 0 Å². The normalized spacial score (nSPS) is 17.6. The Labute approximate surface area is 164 Å². The predicted octanol–water partition coefficient (Wildman–Crippen LogP) is 7.50. The number of fused-ring (bicyclic) bond motifs is 3. The van der Waals surface area contributed by atoms with Crippen LogP contribution in [0.2, 0.25) is 0 Å². The molecule has 0 aromatic heterocycles. The number of halogens is 10. The summed E-state index contributed by atoms with van der Waals surface area (Å²) in [7, 11) is 0. The Balaban J connectivity index is 2.38. The van der Waals surface area contributed by atoms with E-state index in [1.807, 2.05) is 0 Å². The molecule has 0 aliphatic heterocycles. The molecule has 146 valence electrons. The summed E-state index contributed by atoms with van der Waals surface area (Å²) in [5.74, 6) is -12.3. The van der Waals surface area contributed by atoms with E-state index in [2.05, 4.69) is 0 Å². The van der Waals surface area contributed by atoms with Crippen molar-refractivity contribution in [2.24, 2.45) is 0 Å². The topological polar surface area (TPSA) is 0 Å². The third kappa shape index (κ3) is 2.99. The van der Waals surface area contributed by atoms with E-state index < -0.39 is 38.6 Å². The van der Waals surface area contributed by atoms with Gasteiger partial charge in [0.25, 0.3) is 0 Å². The van der Waals surface area contributed by atoms with Gasteiger partial charge in [-0.05, 0) is 54.1 Å². The molecule has 0 nitrogen and oxygen atoms in total. The number of benzene rings is 2. The highest BCUT2D eigenvalue weighted by Crippen LogP contribution is 2.61. The van der Waals surface area contributed by atoms with E-state index in [0.717, 1.165) is 18.2 Å². The van der Waals surface area contributed by atoms with Gasteiger partial charge in [0.05, 0.1) is 5.92 Å². The predicted molar refractivity (Wildman–Crippen MR) is 90.3 cm³/mol. The summed E-state index contributed by atoms with van der Waals surface area (Å²) in [5, 5.41) is 0. The Bertz CT molecular complexity index is 883. The van der Waals surface area contributed by atoms with E-state index in [9.17, 15) is 35.1 Å². The van der Waals surface area contributed by atoms with Gasteiger partial charge in [-0.15, -0.1) is 0 Å². The van der Waals surface area contributed by atoms with Crippen molar-refractivity contribution in [2.75, 3.05) is 0 Å². The first kappa shape index (κ1) is 20.6. The van der Waals surface area contributed by atoms with Crippen LogP contribution in [0.15, 0.2) is 42.5 Å². The molecule has 3 rings (SSSR count). The summed E-state index contributed by atoms with van der Waals surface area (Å²) >= 11 is 3.16. The lowest BCUT2D eigenvalue weighted by Gasteiger charge is -2.32. The van der Waals surface area contributed by atoms with Crippen molar-refractivity contribution >= 4 is 31.9 Å². The first-order chi connectivity index (χ1) is 12.2. The molecule has 0 saturated heterocycles. The number of alkyl halides is 10. The monoisotopic (exact) mass is 522 g/mol. The van der Waals surface area contributed by atoms with Crippen molar-refractivity contribution in [3.63, 3.8) is 0 Å². The molecular weight excluding hydrogens is 516 g/mol. The van der Waals surface area contributed by atoms with Crippen LogP contribution in [-0.4, -0.2) is 15.6 Å². The van der Waals surface area contributed by atoms with Gasteiger partial charge in [0, 0.05) is 5.56 Å². The first-order valence-electron chi connectivity index (χ1n) is 7.33. The van der Waals surface area contributed by atoms with Crippen molar-refractivity contribution in [3.05, 3.63) is 59.2 Å². The van der Waals surface area contributed by atoms with Gasteiger partial charge in [-0.3, -0.25) is 0 Å². The van der Waals surface area contributed by atoms with Crippen LogP contribution < -0.4 is 0 Å². The quantitative estimate of drug-likeness (QED) is 0.287. The van der Waals surface area contributed by atoms with E-state index in [1.165, 1.54) is 18.2 Å². The number of hydrogen-bond acceptors (Lipinski definition) is 0.